The van der Waals surface area contributed by atoms with E-state index in [1.165, 1.54) is 13.2 Å². The first kappa shape index (κ1) is 16.9. The number of phenols is 1. The van der Waals surface area contributed by atoms with Crippen LogP contribution in [0.4, 0.5) is 0 Å². The number of rotatable bonds is 7. The number of hydrogen-bond donors (Lipinski definition) is 3. The summed E-state index contributed by atoms with van der Waals surface area (Å²) in [5.41, 5.74) is 0.0418. The molecule has 7 nitrogen and oxygen atoms in total. The van der Waals surface area contributed by atoms with Crippen LogP contribution in [0.2, 0.25) is 0 Å². The number of methoxy groups -OCH3 is 1. The first-order valence-electron chi connectivity index (χ1n) is 6.32. The minimum Gasteiger partial charge on any atom is -0.504 e. The van der Waals surface area contributed by atoms with Gasteiger partial charge in [-0.2, -0.15) is 0 Å². The summed E-state index contributed by atoms with van der Waals surface area (Å²) in [6.07, 6.45) is -2.94. The highest BCUT2D eigenvalue weighted by Crippen LogP contribution is 2.33. The molecule has 0 spiro atoms. The van der Waals surface area contributed by atoms with Crippen molar-refractivity contribution in [1.29, 1.82) is 0 Å². The molecule has 7 heteroatoms. The third kappa shape index (κ3) is 4.17. The van der Waals surface area contributed by atoms with Gasteiger partial charge in [0, 0.05) is 5.56 Å². The van der Waals surface area contributed by atoms with Crippen molar-refractivity contribution >= 4 is 12.3 Å². The van der Waals surface area contributed by atoms with Gasteiger partial charge in [-0.15, -0.1) is 0 Å². The van der Waals surface area contributed by atoms with Crippen LogP contribution in [-0.2, 0) is 9.53 Å². The van der Waals surface area contributed by atoms with Crippen molar-refractivity contribution in [3.05, 3.63) is 23.3 Å². The fraction of sp³-hybridized carbons (Fsp3) is 0.429. The van der Waals surface area contributed by atoms with Crippen LogP contribution in [0.25, 0.3) is 0 Å². The number of aromatic hydroxyl groups is 1. The second-order valence-electron chi connectivity index (χ2n) is 4.29. The number of hydrogen-bond acceptors (Lipinski definition) is 7. The summed E-state index contributed by atoms with van der Waals surface area (Å²) in [7, 11) is 1.31. The molecule has 0 aromatic heterocycles. The molecule has 2 unspecified atom stereocenters. The van der Waals surface area contributed by atoms with E-state index in [-0.39, 0.29) is 29.2 Å². The van der Waals surface area contributed by atoms with Crippen LogP contribution in [0.3, 0.4) is 0 Å². The molecule has 0 heterocycles. The lowest BCUT2D eigenvalue weighted by atomic mass is 9.97. The predicted octanol–water partition coefficient (Wildman–Crippen LogP) is 0.561. The lowest BCUT2D eigenvalue weighted by Crippen LogP contribution is -2.24. The quantitative estimate of drug-likeness (QED) is 0.498. The topological polar surface area (TPSA) is 113 Å². The standard InChI is InChI=1S/C14H18O7/c1-3-21-13(18)6-11(17)14(19)9-5-12(20-2)10(16)4-8(9)7-15/h4-5,7,11,14,16-17,19H,3,6H2,1-2H3. The van der Waals surface area contributed by atoms with E-state index in [0.29, 0.717) is 6.29 Å². The van der Waals surface area contributed by atoms with Crippen LogP contribution in [-0.4, -0.2) is 47.4 Å². The van der Waals surface area contributed by atoms with E-state index in [1.54, 1.807) is 6.92 Å². The predicted molar refractivity (Wildman–Crippen MR) is 72.3 cm³/mol. The van der Waals surface area contributed by atoms with Gasteiger partial charge in [0.25, 0.3) is 0 Å². The lowest BCUT2D eigenvalue weighted by Gasteiger charge is -2.20. The summed E-state index contributed by atoms with van der Waals surface area (Å²) < 4.78 is 9.56. The number of ether oxygens (including phenoxy) is 2. The molecule has 1 aromatic carbocycles. The Kier molecular flexibility index (Phi) is 6.13. The number of carbonyl (C=O) groups is 2. The summed E-state index contributed by atoms with van der Waals surface area (Å²) in [5, 5.41) is 29.5. The molecule has 3 N–H and O–H groups in total. The first-order valence-corrected chi connectivity index (χ1v) is 6.32. The summed E-state index contributed by atoms with van der Waals surface area (Å²) in [5.74, 6) is -0.893. The van der Waals surface area contributed by atoms with Gasteiger partial charge < -0.3 is 24.8 Å². The SMILES string of the molecule is CCOC(=O)CC(O)C(O)c1cc(OC)c(O)cc1C=O. The van der Waals surface area contributed by atoms with Gasteiger partial charge in [0.15, 0.2) is 17.8 Å². The zero-order valence-electron chi connectivity index (χ0n) is 11.8. The molecule has 0 saturated heterocycles. The average Bonchev–Trinajstić information content (AvgIpc) is 2.46. The zero-order valence-corrected chi connectivity index (χ0v) is 11.8. The van der Waals surface area contributed by atoms with Crippen molar-refractivity contribution in [3.63, 3.8) is 0 Å². The fourth-order valence-electron chi connectivity index (χ4n) is 1.83. The Bertz CT molecular complexity index is 512. The van der Waals surface area contributed by atoms with Crippen molar-refractivity contribution in [2.75, 3.05) is 13.7 Å². The van der Waals surface area contributed by atoms with Gasteiger partial charge in [0.2, 0.25) is 0 Å². The molecule has 0 radical (unpaired) electrons. The summed E-state index contributed by atoms with van der Waals surface area (Å²) in [6.45, 7) is 1.78. The molecule has 0 amide bonds. The Morgan fingerprint density at radius 2 is 2.05 bits per heavy atom. The molecular formula is C14H18O7. The average molecular weight is 298 g/mol. The van der Waals surface area contributed by atoms with E-state index in [9.17, 15) is 24.9 Å². The molecule has 1 aromatic rings. The maximum absolute atomic E-state index is 11.3. The second-order valence-corrected chi connectivity index (χ2v) is 4.29. The summed E-state index contributed by atoms with van der Waals surface area (Å²) in [4.78, 5) is 22.3. The van der Waals surface area contributed by atoms with Gasteiger partial charge in [-0.3, -0.25) is 9.59 Å². The molecular weight excluding hydrogens is 280 g/mol. The van der Waals surface area contributed by atoms with Crippen molar-refractivity contribution in [3.8, 4) is 11.5 Å². The van der Waals surface area contributed by atoms with E-state index in [2.05, 4.69) is 4.74 Å². The Balaban J connectivity index is 3.02. The first-order chi connectivity index (χ1) is 9.94. The Morgan fingerprint density at radius 1 is 1.38 bits per heavy atom. The second kappa shape index (κ2) is 7.61. The molecule has 0 saturated carbocycles. The number of esters is 1. The highest BCUT2D eigenvalue weighted by molar-refractivity contribution is 5.79. The van der Waals surface area contributed by atoms with E-state index in [4.69, 9.17) is 4.74 Å². The van der Waals surface area contributed by atoms with Crippen LogP contribution >= 0.6 is 0 Å². The summed E-state index contributed by atoms with van der Waals surface area (Å²) in [6, 6.07) is 2.35. The molecule has 0 fully saturated rings. The lowest BCUT2D eigenvalue weighted by molar-refractivity contribution is -0.147. The molecule has 0 aliphatic rings. The van der Waals surface area contributed by atoms with Crippen molar-refractivity contribution in [1.82, 2.24) is 0 Å². The van der Waals surface area contributed by atoms with Crippen LogP contribution in [0.1, 0.15) is 35.4 Å². The number of benzene rings is 1. The van der Waals surface area contributed by atoms with Gasteiger partial charge in [-0.25, -0.2) is 0 Å². The normalized spacial score (nSPS) is 13.3. The Labute approximate surface area is 121 Å². The third-order valence-corrected chi connectivity index (χ3v) is 2.88. The minimum atomic E-state index is -1.50. The molecule has 0 aliphatic carbocycles. The number of aliphatic hydroxyl groups is 2. The van der Waals surface area contributed by atoms with Gasteiger partial charge in [0.05, 0.1) is 26.2 Å². The zero-order chi connectivity index (χ0) is 16.0. The summed E-state index contributed by atoms with van der Waals surface area (Å²) >= 11 is 0. The largest absolute Gasteiger partial charge is 0.504 e. The van der Waals surface area contributed by atoms with E-state index in [0.717, 1.165) is 6.07 Å². The van der Waals surface area contributed by atoms with E-state index in [1.807, 2.05) is 0 Å². The number of phenolic OH excluding ortho intramolecular Hbond substituents is 1. The van der Waals surface area contributed by atoms with Gasteiger partial charge >= 0.3 is 5.97 Å². The molecule has 21 heavy (non-hydrogen) atoms. The van der Waals surface area contributed by atoms with Crippen LogP contribution in [0, 0.1) is 0 Å². The number of aldehydes is 1. The fourth-order valence-corrected chi connectivity index (χ4v) is 1.83. The minimum absolute atomic E-state index is 0.0105. The third-order valence-electron chi connectivity index (χ3n) is 2.88. The van der Waals surface area contributed by atoms with Crippen LogP contribution < -0.4 is 4.74 Å². The monoisotopic (exact) mass is 298 g/mol. The maximum atomic E-state index is 11.3. The van der Waals surface area contributed by atoms with Gasteiger partial charge in [-0.1, -0.05) is 0 Å². The van der Waals surface area contributed by atoms with Crippen LogP contribution in [0.5, 0.6) is 11.5 Å². The smallest absolute Gasteiger partial charge is 0.308 e. The van der Waals surface area contributed by atoms with E-state index < -0.39 is 24.6 Å². The van der Waals surface area contributed by atoms with Crippen molar-refractivity contribution in [2.45, 2.75) is 25.6 Å². The van der Waals surface area contributed by atoms with Crippen molar-refractivity contribution in [2.24, 2.45) is 0 Å². The van der Waals surface area contributed by atoms with Crippen molar-refractivity contribution < 1.29 is 34.4 Å². The highest BCUT2D eigenvalue weighted by Gasteiger charge is 2.25. The molecule has 1 rings (SSSR count). The number of aliphatic hydroxyl groups excluding tert-OH is 2. The van der Waals surface area contributed by atoms with E-state index >= 15 is 0 Å². The Morgan fingerprint density at radius 3 is 2.57 bits per heavy atom. The molecule has 2 atom stereocenters. The maximum Gasteiger partial charge on any atom is 0.308 e. The highest BCUT2D eigenvalue weighted by atomic mass is 16.5. The molecule has 0 aliphatic heterocycles. The molecule has 0 bridgehead atoms. The Hall–Kier alpha value is -2.12. The molecule has 116 valence electrons. The van der Waals surface area contributed by atoms with Crippen LogP contribution in [0.15, 0.2) is 12.1 Å². The van der Waals surface area contributed by atoms with Gasteiger partial charge in [0.1, 0.15) is 6.10 Å². The number of carbonyl (C=O) groups excluding carboxylic acids is 2. The van der Waals surface area contributed by atoms with Gasteiger partial charge in [-0.05, 0) is 24.6 Å².